The first-order valence-corrected chi connectivity index (χ1v) is 9.49. The number of alkyl halides is 3. The van der Waals surface area contributed by atoms with Gasteiger partial charge in [0.2, 0.25) is 5.91 Å². The first-order chi connectivity index (χ1) is 13.9. The number of fused-ring (bicyclic) bond motifs is 1. The number of hydrogen-bond donors (Lipinski definition) is 2. The maximum Gasteiger partial charge on any atom is 0.418 e. The summed E-state index contributed by atoms with van der Waals surface area (Å²) in [4.78, 5) is 21.5. The second-order valence-corrected chi connectivity index (χ2v) is 7.33. The number of halogens is 3. The lowest BCUT2D eigenvalue weighted by molar-refractivity contribution is -0.136. The molecule has 1 aliphatic rings. The second-order valence-electron chi connectivity index (χ2n) is 7.33. The number of imidazole rings is 1. The molecule has 0 spiro atoms. The molecule has 0 unspecified atom stereocenters. The summed E-state index contributed by atoms with van der Waals surface area (Å²) in [5.41, 5.74) is 0.544. The minimum Gasteiger partial charge on any atom is -0.352 e. The maximum atomic E-state index is 13.1. The fourth-order valence-corrected chi connectivity index (χ4v) is 3.76. The first kappa shape index (κ1) is 19.4. The van der Waals surface area contributed by atoms with Gasteiger partial charge in [0.15, 0.2) is 0 Å². The summed E-state index contributed by atoms with van der Waals surface area (Å²) in [5, 5.41) is 2.97. The van der Waals surface area contributed by atoms with Gasteiger partial charge >= 0.3 is 6.18 Å². The zero-order valence-electron chi connectivity index (χ0n) is 15.7. The van der Waals surface area contributed by atoms with E-state index in [1.54, 1.807) is 0 Å². The topological polar surface area (TPSA) is 61.0 Å². The second kappa shape index (κ2) is 7.87. The molecule has 3 aromatic rings. The number of nitrogens with zero attached hydrogens (tertiary/aromatic N) is 2. The number of carbonyl (C=O) groups is 1. The first-order valence-electron chi connectivity index (χ1n) is 9.49. The van der Waals surface area contributed by atoms with Gasteiger partial charge in [-0.25, -0.2) is 4.98 Å². The van der Waals surface area contributed by atoms with Crippen LogP contribution in [0, 0.1) is 0 Å². The standard InChI is InChI=1S/C21H21F3N4O/c22-21(23,24)16-7-4-8-17-20(16)27-18(26-17)11-19(29)25-15-9-10-28(13-15)12-14-5-2-1-3-6-14/h1-8,15H,9-13H2,(H,25,29)(H,26,27)/t15-/m1/s1. The van der Waals surface area contributed by atoms with E-state index in [4.69, 9.17) is 0 Å². The number of H-pyrrole nitrogens is 1. The van der Waals surface area contributed by atoms with E-state index < -0.39 is 11.7 Å². The number of aromatic amines is 1. The van der Waals surface area contributed by atoms with Crippen LogP contribution in [-0.2, 0) is 23.9 Å². The molecule has 0 aliphatic carbocycles. The quantitative estimate of drug-likeness (QED) is 0.687. The van der Waals surface area contributed by atoms with Gasteiger partial charge in [0.25, 0.3) is 0 Å². The summed E-state index contributed by atoms with van der Waals surface area (Å²) in [6.45, 7) is 2.47. The Balaban J connectivity index is 1.35. The molecule has 8 heteroatoms. The Bertz CT molecular complexity index is 1000. The van der Waals surface area contributed by atoms with Gasteiger partial charge in [0, 0.05) is 25.7 Å². The summed E-state index contributed by atoms with van der Waals surface area (Å²) in [6, 6.07) is 14.0. The molecule has 2 N–H and O–H groups in total. The van der Waals surface area contributed by atoms with Gasteiger partial charge in [0.1, 0.15) is 11.3 Å². The summed E-state index contributed by atoms with van der Waals surface area (Å²) in [5.74, 6) is -0.0162. The number of benzene rings is 2. The smallest absolute Gasteiger partial charge is 0.352 e. The molecule has 4 rings (SSSR count). The van der Waals surface area contributed by atoms with Crippen molar-refractivity contribution in [3.8, 4) is 0 Å². The molecule has 1 fully saturated rings. The van der Waals surface area contributed by atoms with Crippen molar-refractivity contribution in [3.05, 3.63) is 65.5 Å². The van der Waals surface area contributed by atoms with Crippen LogP contribution >= 0.6 is 0 Å². The molecule has 152 valence electrons. The Labute approximate surface area is 165 Å². The number of aromatic nitrogens is 2. The Morgan fingerprint density at radius 3 is 2.72 bits per heavy atom. The number of hydrogen-bond acceptors (Lipinski definition) is 3. The van der Waals surface area contributed by atoms with E-state index in [-0.39, 0.29) is 35.2 Å². The summed E-state index contributed by atoms with van der Waals surface area (Å²) in [6.07, 6.45) is -3.72. The fourth-order valence-electron chi connectivity index (χ4n) is 3.76. The van der Waals surface area contributed by atoms with Crippen LogP contribution in [0.25, 0.3) is 11.0 Å². The van der Waals surface area contributed by atoms with E-state index in [0.29, 0.717) is 0 Å². The average Bonchev–Trinajstić information content (AvgIpc) is 3.27. The van der Waals surface area contributed by atoms with E-state index in [2.05, 4.69) is 32.3 Å². The normalized spacial score (nSPS) is 17.7. The molecule has 1 saturated heterocycles. The Morgan fingerprint density at radius 1 is 1.17 bits per heavy atom. The molecular formula is C21H21F3N4O. The predicted octanol–water partition coefficient (Wildman–Crippen LogP) is 3.51. The number of carbonyl (C=O) groups excluding carboxylic acids is 1. The van der Waals surface area contributed by atoms with E-state index in [1.165, 1.54) is 17.7 Å². The van der Waals surface area contributed by atoms with Crippen molar-refractivity contribution in [3.63, 3.8) is 0 Å². The largest absolute Gasteiger partial charge is 0.418 e. The van der Waals surface area contributed by atoms with Crippen LogP contribution in [-0.4, -0.2) is 39.9 Å². The Hall–Kier alpha value is -2.87. The Morgan fingerprint density at radius 2 is 1.97 bits per heavy atom. The molecular weight excluding hydrogens is 381 g/mol. The van der Waals surface area contributed by atoms with Crippen LogP contribution in [0.5, 0.6) is 0 Å². The molecule has 0 saturated carbocycles. The molecule has 29 heavy (non-hydrogen) atoms. The number of para-hydroxylation sites is 1. The third-order valence-corrected chi connectivity index (χ3v) is 5.08. The minimum absolute atomic E-state index is 0.0290. The van der Waals surface area contributed by atoms with Crippen molar-refractivity contribution in [2.45, 2.75) is 31.6 Å². The molecule has 2 heterocycles. The lowest BCUT2D eigenvalue weighted by atomic mass is 10.2. The van der Waals surface area contributed by atoms with Gasteiger partial charge in [-0.2, -0.15) is 13.2 Å². The van der Waals surface area contributed by atoms with Gasteiger partial charge in [-0.1, -0.05) is 36.4 Å². The van der Waals surface area contributed by atoms with Crippen molar-refractivity contribution in [2.75, 3.05) is 13.1 Å². The highest BCUT2D eigenvalue weighted by Gasteiger charge is 2.33. The summed E-state index contributed by atoms with van der Waals surface area (Å²) >= 11 is 0. The fraction of sp³-hybridized carbons (Fsp3) is 0.333. The molecule has 0 bridgehead atoms. The molecule has 1 aliphatic heterocycles. The molecule has 1 amide bonds. The van der Waals surface area contributed by atoms with Crippen molar-refractivity contribution in [1.29, 1.82) is 0 Å². The van der Waals surface area contributed by atoms with Crippen LogP contribution in [0.4, 0.5) is 13.2 Å². The van der Waals surface area contributed by atoms with E-state index >= 15 is 0 Å². The zero-order chi connectivity index (χ0) is 20.4. The molecule has 1 aromatic heterocycles. The van der Waals surface area contributed by atoms with Crippen LogP contribution < -0.4 is 5.32 Å². The molecule has 1 atom stereocenters. The van der Waals surface area contributed by atoms with E-state index in [0.717, 1.165) is 32.1 Å². The SMILES string of the molecule is O=C(Cc1nc2c(C(F)(F)F)cccc2[nH]1)N[C@@H]1CCN(Cc2ccccc2)C1. The summed E-state index contributed by atoms with van der Waals surface area (Å²) < 4.78 is 39.3. The van der Waals surface area contributed by atoms with Crippen LogP contribution in [0.3, 0.4) is 0 Å². The average molecular weight is 402 g/mol. The van der Waals surface area contributed by atoms with E-state index in [9.17, 15) is 18.0 Å². The van der Waals surface area contributed by atoms with Crippen LogP contribution in [0.15, 0.2) is 48.5 Å². The number of nitrogens with one attached hydrogen (secondary N) is 2. The lowest BCUT2D eigenvalue weighted by Crippen LogP contribution is -2.38. The predicted molar refractivity (Wildman–Crippen MR) is 103 cm³/mol. The third-order valence-electron chi connectivity index (χ3n) is 5.08. The highest BCUT2D eigenvalue weighted by atomic mass is 19.4. The van der Waals surface area contributed by atoms with Gasteiger partial charge in [0.05, 0.1) is 17.5 Å². The summed E-state index contributed by atoms with van der Waals surface area (Å²) in [7, 11) is 0. The van der Waals surface area contributed by atoms with Gasteiger partial charge < -0.3 is 10.3 Å². The van der Waals surface area contributed by atoms with Gasteiger partial charge in [-0.3, -0.25) is 9.69 Å². The number of rotatable bonds is 5. The molecule has 0 radical (unpaired) electrons. The van der Waals surface area contributed by atoms with Crippen LogP contribution in [0.1, 0.15) is 23.4 Å². The van der Waals surface area contributed by atoms with Crippen molar-refractivity contribution < 1.29 is 18.0 Å². The Kier molecular flexibility index (Phi) is 5.27. The van der Waals surface area contributed by atoms with Crippen LogP contribution in [0.2, 0.25) is 0 Å². The maximum absolute atomic E-state index is 13.1. The van der Waals surface area contributed by atoms with Gasteiger partial charge in [-0.05, 0) is 24.1 Å². The lowest BCUT2D eigenvalue weighted by Gasteiger charge is -2.16. The van der Waals surface area contributed by atoms with Crippen molar-refractivity contribution in [1.82, 2.24) is 20.2 Å². The molecule has 2 aromatic carbocycles. The number of likely N-dealkylation sites (tertiary alicyclic amines) is 1. The monoisotopic (exact) mass is 402 g/mol. The van der Waals surface area contributed by atoms with Crippen molar-refractivity contribution >= 4 is 16.9 Å². The highest BCUT2D eigenvalue weighted by Crippen LogP contribution is 2.33. The third kappa shape index (κ3) is 4.59. The van der Waals surface area contributed by atoms with E-state index in [1.807, 2.05) is 18.2 Å². The van der Waals surface area contributed by atoms with Gasteiger partial charge in [-0.15, -0.1) is 0 Å². The minimum atomic E-state index is -4.49. The zero-order valence-corrected chi connectivity index (χ0v) is 15.7. The van der Waals surface area contributed by atoms with Crippen molar-refractivity contribution in [2.24, 2.45) is 0 Å². The highest BCUT2D eigenvalue weighted by molar-refractivity contribution is 5.82. The molecule has 5 nitrogen and oxygen atoms in total. The number of amides is 1.